The van der Waals surface area contributed by atoms with Crippen molar-refractivity contribution in [1.82, 2.24) is 14.1 Å². The molecule has 0 N–H and O–H groups in total. The molecule has 0 aliphatic carbocycles. The molecule has 0 fully saturated rings. The maximum atomic E-state index is 11.5. The van der Waals surface area contributed by atoms with Crippen LogP contribution in [0.1, 0.15) is 27.8 Å². The van der Waals surface area contributed by atoms with Crippen LogP contribution in [0.2, 0.25) is 0 Å². The molecule has 0 radical (unpaired) electrons. The third-order valence-electron chi connectivity index (χ3n) is 13.8. The standard InChI is InChI=1S/C64H46N4/c1-40-5-13-44(14-6-40)49-21-25-54-55-26-22-50(45-15-7-41(2)8-16-45)34-61(55)67(60(54)33-49)59-38-58(48-29-31-66-32-30-48)64(37-53(59)39-65)68-62-35-51(46-17-9-42(3)10-18-46)23-27-56(62)57-28-24-52(36-63(57)68)47-19-11-43(4)12-20-47/h5-38H,1-4H3. The first kappa shape index (κ1) is 40.7. The molecule has 68 heavy (non-hydrogen) atoms. The Labute approximate surface area is 396 Å². The smallest absolute Gasteiger partial charge is 0.101 e. The SMILES string of the molecule is Cc1ccc(-c2ccc3c4ccc(-c5ccc(C)cc5)cc4n(-c4cc(-c5ccncc5)c(-n5c6cc(-c7ccc(C)cc7)ccc6c6ccc(-c7ccc(C)cc7)cc65)cc4C#N)c3c2)cc1. The number of rotatable bonds is 7. The van der Waals surface area contributed by atoms with Crippen LogP contribution >= 0.6 is 0 Å². The van der Waals surface area contributed by atoms with E-state index in [0.29, 0.717) is 5.56 Å². The minimum atomic E-state index is 0.567. The zero-order valence-corrected chi connectivity index (χ0v) is 38.4. The highest BCUT2D eigenvalue weighted by Crippen LogP contribution is 2.43. The van der Waals surface area contributed by atoms with Crippen molar-refractivity contribution in [3.63, 3.8) is 0 Å². The van der Waals surface area contributed by atoms with Crippen molar-refractivity contribution in [1.29, 1.82) is 5.26 Å². The predicted molar refractivity (Wildman–Crippen MR) is 284 cm³/mol. The number of benzene rings is 9. The molecule has 0 saturated carbocycles. The number of pyridine rings is 1. The zero-order valence-electron chi connectivity index (χ0n) is 38.4. The topological polar surface area (TPSA) is 46.5 Å². The molecule has 0 aliphatic heterocycles. The Balaban J connectivity index is 1.18. The van der Waals surface area contributed by atoms with Crippen LogP contribution in [0.4, 0.5) is 0 Å². The highest BCUT2D eigenvalue weighted by Gasteiger charge is 2.23. The van der Waals surface area contributed by atoms with Gasteiger partial charge in [0.25, 0.3) is 0 Å². The van der Waals surface area contributed by atoms with Crippen LogP contribution in [-0.4, -0.2) is 14.1 Å². The molecule has 0 unspecified atom stereocenters. The van der Waals surface area contributed by atoms with Crippen molar-refractivity contribution >= 4 is 43.6 Å². The summed E-state index contributed by atoms with van der Waals surface area (Å²) in [4.78, 5) is 4.48. The molecule has 3 aromatic heterocycles. The Morgan fingerprint density at radius 2 is 0.632 bits per heavy atom. The number of nitrogens with zero attached hydrogens (tertiary/aromatic N) is 4. The average molecular weight is 871 g/mol. The molecule has 0 atom stereocenters. The van der Waals surface area contributed by atoms with Crippen molar-refractivity contribution in [2.75, 3.05) is 0 Å². The fraction of sp³-hybridized carbons (Fsp3) is 0.0625. The Hall–Kier alpha value is -8.78. The number of hydrogen-bond acceptors (Lipinski definition) is 2. The fourth-order valence-corrected chi connectivity index (χ4v) is 10.1. The maximum Gasteiger partial charge on any atom is 0.101 e. The van der Waals surface area contributed by atoms with Gasteiger partial charge >= 0.3 is 0 Å². The van der Waals surface area contributed by atoms with Crippen molar-refractivity contribution in [2.45, 2.75) is 27.7 Å². The molecular formula is C64H46N4. The summed E-state index contributed by atoms with van der Waals surface area (Å²) in [5.74, 6) is 0. The Morgan fingerprint density at radius 3 is 0.956 bits per heavy atom. The van der Waals surface area contributed by atoms with Crippen molar-refractivity contribution < 1.29 is 0 Å². The van der Waals surface area contributed by atoms with E-state index < -0.39 is 0 Å². The summed E-state index contributed by atoms with van der Waals surface area (Å²) < 4.78 is 4.71. The van der Waals surface area contributed by atoms with Gasteiger partial charge in [-0.05, 0) is 126 Å². The molecule has 0 bridgehead atoms. The van der Waals surface area contributed by atoms with E-state index in [4.69, 9.17) is 0 Å². The summed E-state index contributed by atoms with van der Waals surface area (Å²) in [6, 6.07) is 73.3. The van der Waals surface area contributed by atoms with E-state index in [9.17, 15) is 5.26 Å². The molecule has 0 saturated heterocycles. The maximum absolute atomic E-state index is 11.5. The van der Waals surface area contributed by atoms with Crippen molar-refractivity contribution in [2.24, 2.45) is 0 Å². The van der Waals surface area contributed by atoms with Crippen LogP contribution in [0, 0.1) is 39.0 Å². The first-order valence-corrected chi connectivity index (χ1v) is 23.2. The number of nitriles is 1. The monoisotopic (exact) mass is 870 g/mol. The second-order valence-electron chi connectivity index (χ2n) is 18.3. The van der Waals surface area contributed by atoms with Crippen LogP contribution in [0.3, 0.4) is 0 Å². The van der Waals surface area contributed by atoms with Gasteiger partial charge < -0.3 is 9.13 Å². The second kappa shape index (κ2) is 16.3. The zero-order chi connectivity index (χ0) is 46.0. The summed E-state index contributed by atoms with van der Waals surface area (Å²) in [5.41, 5.74) is 22.4. The van der Waals surface area contributed by atoms with E-state index >= 15 is 0 Å². The van der Waals surface area contributed by atoms with Crippen LogP contribution in [0.15, 0.2) is 207 Å². The highest BCUT2D eigenvalue weighted by atomic mass is 15.0. The van der Waals surface area contributed by atoms with E-state index in [1.165, 1.54) is 22.3 Å². The Morgan fingerprint density at radius 1 is 0.324 bits per heavy atom. The minimum Gasteiger partial charge on any atom is -0.309 e. The molecular weight excluding hydrogens is 825 g/mol. The summed E-state index contributed by atoms with van der Waals surface area (Å²) in [7, 11) is 0. The lowest BCUT2D eigenvalue weighted by Crippen LogP contribution is -2.04. The lowest BCUT2D eigenvalue weighted by Gasteiger charge is -2.19. The van der Waals surface area contributed by atoms with Gasteiger partial charge in [-0.3, -0.25) is 4.98 Å². The fourth-order valence-electron chi connectivity index (χ4n) is 10.1. The van der Waals surface area contributed by atoms with Gasteiger partial charge in [0.2, 0.25) is 0 Å². The van der Waals surface area contributed by atoms with Gasteiger partial charge in [0.15, 0.2) is 0 Å². The van der Waals surface area contributed by atoms with Crippen molar-refractivity contribution in [3.05, 3.63) is 234 Å². The number of hydrogen-bond donors (Lipinski definition) is 0. The van der Waals surface area contributed by atoms with Crippen LogP contribution in [0.25, 0.3) is 111 Å². The van der Waals surface area contributed by atoms with Crippen LogP contribution in [0.5, 0.6) is 0 Å². The quantitative estimate of drug-likeness (QED) is 0.160. The van der Waals surface area contributed by atoms with Crippen molar-refractivity contribution in [3.8, 4) is 73.1 Å². The average Bonchev–Trinajstić information content (AvgIpc) is 3.88. The van der Waals surface area contributed by atoms with E-state index in [2.05, 4.69) is 242 Å². The second-order valence-corrected chi connectivity index (χ2v) is 18.3. The lowest BCUT2D eigenvalue weighted by atomic mass is 9.99. The van der Waals surface area contributed by atoms with Gasteiger partial charge in [0, 0.05) is 39.5 Å². The first-order valence-electron chi connectivity index (χ1n) is 23.2. The van der Waals surface area contributed by atoms with Gasteiger partial charge in [0.05, 0.1) is 39.0 Å². The molecule has 0 spiro atoms. The van der Waals surface area contributed by atoms with Crippen LogP contribution in [-0.2, 0) is 0 Å². The Bertz CT molecular complexity index is 3750. The lowest BCUT2D eigenvalue weighted by molar-refractivity contribution is 1.13. The van der Waals surface area contributed by atoms with Gasteiger partial charge in [-0.15, -0.1) is 0 Å². The molecule has 12 rings (SSSR count). The van der Waals surface area contributed by atoms with E-state index in [-0.39, 0.29) is 0 Å². The van der Waals surface area contributed by atoms with Crippen LogP contribution < -0.4 is 0 Å². The molecule has 0 aliphatic rings. The molecule has 3 heterocycles. The number of aryl methyl sites for hydroxylation is 4. The molecule has 0 amide bonds. The molecule has 4 nitrogen and oxygen atoms in total. The number of aromatic nitrogens is 3. The van der Waals surface area contributed by atoms with Gasteiger partial charge in [0.1, 0.15) is 6.07 Å². The Kier molecular flexibility index (Phi) is 9.74. The predicted octanol–water partition coefficient (Wildman–Crippen LogP) is 16.7. The normalized spacial score (nSPS) is 11.5. The summed E-state index contributed by atoms with van der Waals surface area (Å²) in [6.07, 6.45) is 3.71. The van der Waals surface area contributed by atoms with Gasteiger partial charge in [-0.25, -0.2) is 0 Å². The summed E-state index contributed by atoms with van der Waals surface area (Å²) >= 11 is 0. The molecule has 322 valence electrons. The first-order chi connectivity index (χ1) is 33.3. The van der Waals surface area contributed by atoms with E-state index in [0.717, 1.165) is 111 Å². The van der Waals surface area contributed by atoms with E-state index in [1.807, 2.05) is 12.4 Å². The minimum absolute atomic E-state index is 0.567. The van der Waals surface area contributed by atoms with E-state index in [1.54, 1.807) is 0 Å². The van der Waals surface area contributed by atoms with Gasteiger partial charge in [-0.2, -0.15) is 5.26 Å². The van der Waals surface area contributed by atoms with Gasteiger partial charge in [-0.1, -0.05) is 168 Å². The largest absolute Gasteiger partial charge is 0.309 e. The third-order valence-corrected chi connectivity index (χ3v) is 13.8. The molecule has 9 aromatic carbocycles. The third kappa shape index (κ3) is 6.96. The summed E-state index contributed by atoms with van der Waals surface area (Å²) in [5, 5.41) is 16.1. The highest BCUT2D eigenvalue weighted by molar-refractivity contribution is 6.13. The number of fused-ring (bicyclic) bond motifs is 6. The molecule has 12 aromatic rings. The summed E-state index contributed by atoms with van der Waals surface area (Å²) in [6.45, 7) is 8.49. The molecule has 4 heteroatoms.